The number of piperidine rings is 1. The number of fused-ring (bicyclic) bond motifs is 2. The predicted octanol–water partition coefficient (Wildman–Crippen LogP) is 6.42. The number of benzene rings is 1. The van der Waals surface area contributed by atoms with Crippen molar-refractivity contribution in [2.45, 2.75) is 77.4 Å². The number of alkyl carbamates (subject to hydrolysis) is 1. The van der Waals surface area contributed by atoms with Gasteiger partial charge in [-0.2, -0.15) is 4.98 Å². The smallest absolute Gasteiger partial charge is 0.407 e. The van der Waals surface area contributed by atoms with Crippen LogP contribution in [0, 0.1) is 0 Å². The van der Waals surface area contributed by atoms with Crippen LogP contribution in [0.15, 0.2) is 28.6 Å². The maximum absolute atomic E-state index is 15.4. The number of amides is 1. The Hall–Kier alpha value is -3.00. The summed E-state index contributed by atoms with van der Waals surface area (Å²) in [6, 6.07) is 4.06. The molecule has 238 valence electrons. The van der Waals surface area contributed by atoms with Gasteiger partial charge in [0, 0.05) is 45.6 Å². The van der Waals surface area contributed by atoms with E-state index in [1.54, 1.807) is 38.2 Å². The van der Waals surface area contributed by atoms with E-state index in [1.165, 1.54) is 15.9 Å². The highest BCUT2D eigenvalue weighted by atomic mass is 35.5. The number of hydrogen-bond donors (Lipinski definition) is 1. The fourth-order valence-electron chi connectivity index (χ4n) is 5.24. The van der Waals surface area contributed by atoms with Crippen LogP contribution in [0.1, 0.15) is 27.2 Å². The molecule has 1 fully saturated rings. The van der Waals surface area contributed by atoms with E-state index in [0.29, 0.717) is 52.7 Å². The number of rotatable bonds is 8. The lowest BCUT2D eigenvalue weighted by Crippen LogP contribution is -2.54. The van der Waals surface area contributed by atoms with Crippen LogP contribution in [0.3, 0.4) is 0 Å². The third kappa shape index (κ3) is 6.95. The Bertz CT molecular complexity index is 1740. The second-order valence-corrected chi connectivity index (χ2v) is 20.3. The van der Waals surface area contributed by atoms with Crippen molar-refractivity contribution < 1.29 is 18.7 Å². The van der Waals surface area contributed by atoms with Gasteiger partial charge in [0.1, 0.15) is 18.5 Å². The van der Waals surface area contributed by atoms with Gasteiger partial charge in [-0.1, -0.05) is 37.3 Å². The van der Waals surface area contributed by atoms with Gasteiger partial charge in [0.05, 0.1) is 38.7 Å². The number of nitrogens with zero attached hydrogens (tertiary/aromatic N) is 5. The standard InChI is InChI=1S/C30H40ClFN6O4SSi/c1-30(2,3)42-29(40)34-21-10-11-37(15-20(21)32)28-35-26-23(27(39)36(28)4)19(14-38(26)17-41-12-13-44(5,6)7)18-8-9-22-25(24(18)31)43-16-33-22/h8-9,14,16,20-21H,10-13,15,17H2,1-7H3,(H,34,40)/t20-,21+/m1/s1. The van der Waals surface area contributed by atoms with Gasteiger partial charge in [-0.25, -0.2) is 14.2 Å². The fraction of sp³-hybridized carbons (Fsp3) is 0.533. The molecule has 44 heavy (non-hydrogen) atoms. The summed E-state index contributed by atoms with van der Waals surface area (Å²) >= 11 is 8.31. The lowest BCUT2D eigenvalue weighted by molar-refractivity contribution is 0.0463. The summed E-state index contributed by atoms with van der Waals surface area (Å²) < 4.78 is 30.9. The van der Waals surface area contributed by atoms with Gasteiger partial charge in [-0.15, -0.1) is 11.3 Å². The van der Waals surface area contributed by atoms with Crippen molar-refractivity contribution in [2.24, 2.45) is 7.05 Å². The molecule has 1 aromatic carbocycles. The van der Waals surface area contributed by atoms with Crippen molar-refractivity contribution in [3.63, 3.8) is 0 Å². The number of ether oxygens (including phenoxy) is 2. The number of aromatic nitrogens is 4. The van der Waals surface area contributed by atoms with E-state index in [9.17, 15) is 9.59 Å². The third-order valence-electron chi connectivity index (χ3n) is 7.56. The number of thiazole rings is 1. The molecule has 10 nitrogen and oxygen atoms in total. The Morgan fingerprint density at radius 2 is 2.00 bits per heavy atom. The molecule has 1 aliphatic heterocycles. The van der Waals surface area contributed by atoms with Crippen molar-refractivity contribution in [2.75, 3.05) is 24.6 Å². The van der Waals surface area contributed by atoms with Crippen molar-refractivity contribution >= 4 is 64.3 Å². The van der Waals surface area contributed by atoms with Crippen molar-refractivity contribution in [1.82, 2.24) is 24.4 Å². The highest BCUT2D eigenvalue weighted by Gasteiger charge is 2.34. The lowest BCUT2D eigenvalue weighted by atomic mass is 10.0. The minimum Gasteiger partial charge on any atom is -0.444 e. The third-order valence-corrected chi connectivity index (χ3v) is 10.6. The summed E-state index contributed by atoms with van der Waals surface area (Å²) in [5.41, 5.74) is 3.38. The Morgan fingerprint density at radius 3 is 2.68 bits per heavy atom. The van der Waals surface area contributed by atoms with Crippen molar-refractivity contribution in [3.8, 4) is 11.1 Å². The van der Waals surface area contributed by atoms with Gasteiger partial charge in [-0.3, -0.25) is 9.36 Å². The molecular formula is C30H40ClFN6O4SSi. The SMILES string of the molecule is Cn1c(N2CC[C@H](NC(=O)OC(C)(C)C)[C@H](F)C2)nc2c(c(-c3ccc4ncsc4c3Cl)cn2COCC[Si](C)(C)C)c1=O. The number of hydrogen-bond acceptors (Lipinski definition) is 8. The predicted molar refractivity (Wildman–Crippen MR) is 178 cm³/mol. The van der Waals surface area contributed by atoms with Crippen LogP contribution in [-0.2, 0) is 23.3 Å². The second kappa shape index (κ2) is 12.4. The lowest BCUT2D eigenvalue weighted by Gasteiger charge is -2.36. The fourth-order valence-corrected chi connectivity index (χ4v) is 7.12. The summed E-state index contributed by atoms with van der Waals surface area (Å²) in [5.74, 6) is 0.345. The molecule has 14 heteroatoms. The van der Waals surface area contributed by atoms with Crippen LogP contribution in [0.25, 0.3) is 32.4 Å². The molecule has 0 aliphatic carbocycles. The average Bonchev–Trinajstić information content (AvgIpc) is 3.54. The summed E-state index contributed by atoms with van der Waals surface area (Å²) in [5, 5.41) is 3.59. The van der Waals surface area contributed by atoms with E-state index in [0.717, 1.165) is 16.3 Å². The Balaban J connectivity index is 1.50. The number of carbonyl (C=O) groups is 1. The molecule has 2 atom stereocenters. The van der Waals surface area contributed by atoms with Gasteiger partial charge >= 0.3 is 6.09 Å². The zero-order valence-corrected chi connectivity index (χ0v) is 28.8. The first-order chi connectivity index (χ1) is 20.6. The second-order valence-electron chi connectivity index (χ2n) is 13.5. The van der Waals surface area contributed by atoms with E-state index < -0.39 is 32.0 Å². The van der Waals surface area contributed by atoms with E-state index >= 15 is 4.39 Å². The Morgan fingerprint density at radius 1 is 1.25 bits per heavy atom. The number of anilines is 1. The summed E-state index contributed by atoms with van der Waals surface area (Å²) in [6.45, 7) is 13.3. The molecule has 0 radical (unpaired) electrons. The Labute approximate surface area is 266 Å². The van der Waals surface area contributed by atoms with Crippen LogP contribution >= 0.6 is 22.9 Å². The van der Waals surface area contributed by atoms with E-state index in [-0.39, 0.29) is 18.8 Å². The first-order valence-electron chi connectivity index (χ1n) is 14.7. The molecule has 5 rings (SSSR count). The van der Waals surface area contributed by atoms with E-state index in [4.69, 9.17) is 26.1 Å². The number of carbonyl (C=O) groups excluding carboxylic acids is 1. The van der Waals surface area contributed by atoms with Crippen molar-refractivity contribution in [3.05, 3.63) is 39.2 Å². The zero-order chi connectivity index (χ0) is 32.0. The van der Waals surface area contributed by atoms with Crippen molar-refractivity contribution in [1.29, 1.82) is 0 Å². The monoisotopic (exact) mass is 662 g/mol. The molecule has 0 saturated carbocycles. The first-order valence-corrected chi connectivity index (χ1v) is 19.7. The van der Waals surface area contributed by atoms with Gasteiger partial charge < -0.3 is 24.3 Å². The molecule has 0 bridgehead atoms. The molecule has 0 unspecified atom stereocenters. The molecule has 3 aromatic heterocycles. The van der Waals surface area contributed by atoms with Crippen LogP contribution in [0.4, 0.5) is 15.1 Å². The highest BCUT2D eigenvalue weighted by Crippen LogP contribution is 2.39. The summed E-state index contributed by atoms with van der Waals surface area (Å²) in [7, 11) is 0.333. The minimum absolute atomic E-state index is 0.0413. The number of alkyl halides is 1. The molecule has 0 spiro atoms. The van der Waals surface area contributed by atoms with Gasteiger partial charge in [-0.05, 0) is 39.3 Å². The van der Waals surface area contributed by atoms with E-state index in [2.05, 4.69) is 29.9 Å². The normalized spacial score (nSPS) is 17.9. The maximum atomic E-state index is 15.4. The maximum Gasteiger partial charge on any atom is 0.407 e. The van der Waals surface area contributed by atoms with Crippen LogP contribution in [0.5, 0.6) is 0 Å². The summed E-state index contributed by atoms with van der Waals surface area (Å²) in [4.78, 5) is 37.3. The topological polar surface area (TPSA) is 104 Å². The molecule has 4 heterocycles. The quantitative estimate of drug-likeness (QED) is 0.172. The van der Waals surface area contributed by atoms with Crippen LogP contribution in [-0.4, -0.2) is 70.8 Å². The molecule has 1 N–H and O–H groups in total. The first kappa shape index (κ1) is 32.4. The van der Waals surface area contributed by atoms with Gasteiger partial charge in [0.25, 0.3) is 5.56 Å². The summed E-state index contributed by atoms with van der Waals surface area (Å²) in [6.07, 6.45) is 0.145. The zero-order valence-electron chi connectivity index (χ0n) is 26.2. The number of halogens is 2. The Kier molecular flexibility index (Phi) is 9.14. The highest BCUT2D eigenvalue weighted by molar-refractivity contribution is 7.17. The molecular weight excluding hydrogens is 623 g/mol. The van der Waals surface area contributed by atoms with E-state index in [1.807, 2.05) is 22.9 Å². The molecule has 1 aliphatic rings. The van der Waals surface area contributed by atoms with Gasteiger partial charge in [0.2, 0.25) is 5.95 Å². The van der Waals surface area contributed by atoms with Crippen LogP contribution < -0.4 is 15.8 Å². The number of nitrogens with one attached hydrogen (secondary N) is 1. The largest absolute Gasteiger partial charge is 0.444 e. The van der Waals surface area contributed by atoms with Gasteiger partial charge in [0.15, 0.2) is 5.65 Å². The average molecular weight is 663 g/mol. The molecule has 1 saturated heterocycles. The molecule has 4 aromatic rings. The minimum atomic E-state index is -1.39. The molecule has 1 amide bonds. The van der Waals surface area contributed by atoms with Crippen LogP contribution in [0.2, 0.25) is 30.7 Å².